The fraction of sp³-hybridized carbons (Fsp3) is 0.300. The molecule has 2 amide bonds. The average molecular weight is 370 g/mol. The lowest BCUT2D eigenvalue weighted by atomic mass is 10.1. The van der Waals surface area contributed by atoms with Gasteiger partial charge in [0.2, 0.25) is 11.8 Å². The number of amides is 2. The van der Waals surface area contributed by atoms with Gasteiger partial charge in [-0.3, -0.25) is 14.5 Å². The molecule has 0 saturated carbocycles. The number of benzene rings is 2. The summed E-state index contributed by atoms with van der Waals surface area (Å²) in [5, 5.41) is 2.80. The highest BCUT2D eigenvalue weighted by atomic mass is 32.2. The fourth-order valence-electron chi connectivity index (χ4n) is 2.75. The van der Waals surface area contributed by atoms with Gasteiger partial charge in [0.05, 0.1) is 12.9 Å². The molecule has 0 aliphatic carbocycles. The van der Waals surface area contributed by atoms with Crippen molar-refractivity contribution in [3.63, 3.8) is 0 Å². The number of carbonyl (C=O) groups excluding carboxylic acids is 2. The third kappa shape index (κ3) is 3.85. The largest absolute Gasteiger partial charge is 0.497 e. The minimum Gasteiger partial charge on any atom is -0.497 e. The van der Waals surface area contributed by atoms with Crippen LogP contribution in [0.2, 0.25) is 0 Å². The molecular weight excluding hydrogens is 348 g/mol. The van der Waals surface area contributed by atoms with Crippen LogP contribution in [0.4, 0.5) is 11.4 Å². The van der Waals surface area contributed by atoms with Crippen LogP contribution in [0.25, 0.3) is 0 Å². The molecule has 6 heteroatoms. The quantitative estimate of drug-likeness (QED) is 0.862. The van der Waals surface area contributed by atoms with Gasteiger partial charge in [0, 0.05) is 17.3 Å². The first kappa shape index (κ1) is 18.3. The van der Waals surface area contributed by atoms with Crippen molar-refractivity contribution in [2.45, 2.75) is 19.2 Å². The Morgan fingerprint density at radius 2 is 1.96 bits per heavy atom. The van der Waals surface area contributed by atoms with Gasteiger partial charge >= 0.3 is 0 Å². The molecule has 0 unspecified atom stereocenters. The van der Waals surface area contributed by atoms with Gasteiger partial charge in [-0.05, 0) is 42.0 Å². The van der Waals surface area contributed by atoms with E-state index >= 15 is 0 Å². The maximum Gasteiger partial charge on any atom is 0.238 e. The molecule has 1 aliphatic heterocycles. The number of carbonyl (C=O) groups is 2. The monoisotopic (exact) mass is 370 g/mol. The number of ether oxygens (including phenoxy) is 1. The van der Waals surface area contributed by atoms with Crippen LogP contribution in [0.5, 0.6) is 5.75 Å². The second-order valence-electron chi connectivity index (χ2n) is 6.39. The molecule has 1 saturated heterocycles. The average Bonchev–Trinajstić information content (AvgIpc) is 3.03. The topological polar surface area (TPSA) is 58.6 Å². The number of nitrogens with zero attached hydrogens (tertiary/aromatic N) is 1. The summed E-state index contributed by atoms with van der Waals surface area (Å²) in [5.41, 5.74) is 2.57. The lowest BCUT2D eigenvalue weighted by Crippen LogP contribution is -2.27. The zero-order chi connectivity index (χ0) is 18.7. The van der Waals surface area contributed by atoms with E-state index in [9.17, 15) is 9.59 Å². The Morgan fingerprint density at radius 1 is 1.23 bits per heavy atom. The van der Waals surface area contributed by atoms with Crippen LogP contribution in [0.1, 0.15) is 24.8 Å². The first-order valence-electron chi connectivity index (χ1n) is 8.48. The maximum absolute atomic E-state index is 12.5. The Labute approximate surface area is 157 Å². The van der Waals surface area contributed by atoms with Gasteiger partial charge in [-0.15, -0.1) is 11.8 Å². The first-order chi connectivity index (χ1) is 12.5. The van der Waals surface area contributed by atoms with E-state index in [-0.39, 0.29) is 23.1 Å². The predicted molar refractivity (Wildman–Crippen MR) is 106 cm³/mol. The molecular formula is C20H22N2O3S. The molecule has 3 rings (SSSR count). The van der Waals surface area contributed by atoms with E-state index in [0.29, 0.717) is 5.75 Å². The molecule has 2 aromatic carbocycles. The highest BCUT2D eigenvalue weighted by Crippen LogP contribution is 2.42. The van der Waals surface area contributed by atoms with Crippen molar-refractivity contribution in [2.24, 2.45) is 5.92 Å². The molecule has 0 aromatic heterocycles. The molecule has 0 radical (unpaired) electrons. The van der Waals surface area contributed by atoms with Crippen molar-refractivity contribution in [2.75, 3.05) is 23.1 Å². The lowest BCUT2D eigenvalue weighted by molar-refractivity contribution is -0.119. The molecule has 1 atom stereocenters. The molecule has 1 heterocycles. The van der Waals surface area contributed by atoms with Crippen LogP contribution < -0.4 is 15.0 Å². The first-order valence-corrected chi connectivity index (χ1v) is 9.53. The number of nitrogens with one attached hydrogen (secondary N) is 1. The zero-order valence-electron chi connectivity index (χ0n) is 15.1. The molecule has 26 heavy (non-hydrogen) atoms. The number of hydrogen-bond acceptors (Lipinski definition) is 4. The molecule has 1 N–H and O–H groups in total. The van der Waals surface area contributed by atoms with Crippen molar-refractivity contribution >= 4 is 35.0 Å². The molecule has 5 nitrogen and oxygen atoms in total. The summed E-state index contributed by atoms with van der Waals surface area (Å²) in [6.45, 7) is 3.71. The van der Waals surface area contributed by atoms with Gasteiger partial charge in [0.25, 0.3) is 0 Å². The van der Waals surface area contributed by atoms with Gasteiger partial charge < -0.3 is 10.1 Å². The van der Waals surface area contributed by atoms with Gasteiger partial charge in [-0.1, -0.05) is 26.0 Å². The molecule has 0 spiro atoms. The van der Waals surface area contributed by atoms with E-state index in [1.165, 1.54) is 0 Å². The Morgan fingerprint density at radius 3 is 2.62 bits per heavy atom. The minimum absolute atomic E-state index is 0.0238. The third-order valence-corrected chi connectivity index (χ3v) is 5.39. The Hall–Kier alpha value is -2.47. The summed E-state index contributed by atoms with van der Waals surface area (Å²) in [6.07, 6.45) is 0. The van der Waals surface area contributed by atoms with E-state index < -0.39 is 0 Å². The zero-order valence-corrected chi connectivity index (χ0v) is 15.9. The van der Waals surface area contributed by atoms with E-state index in [1.807, 2.05) is 62.4 Å². The summed E-state index contributed by atoms with van der Waals surface area (Å²) in [5.74, 6) is 1.14. The van der Waals surface area contributed by atoms with Crippen LogP contribution >= 0.6 is 11.8 Å². The Kier molecular flexibility index (Phi) is 5.52. The van der Waals surface area contributed by atoms with Crippen LogP contribution in [0, 0.1) is 5.92 Å². The summed E-state index contributed by atoms with van der Waals surface area (Å²) < 4.78 is 5.19. The van der Waals surface area contributed by atoms with Gasteiger partial charge in [-0.25, -0.2) is 0 Å². The van der Waals surface area contributed by atoms with Crippen molar-refractivity contribution in [3.8, 4) is 5.75 Å². The van der Waals surface area contributed by atoms with Crippen molar-refractivity contribution < 1.29 is 14.3 Å². The van der Waals surface area contributed by atoms with Crippen molar-refractivity contribution in [1.82, 2.24) is 0 Å². The van der Waals surface area contributed by atoms with Gasteiger partial charge in [-0.2, -0.15) is 0 Å². The SMILES string of the molecule is COc1ccc(N2C(=O)CS[C@H]2c2cccc(NC(=O)C(C)C)c2)cc1. The van der Waals surface area contributed by atoms with Crippen molar-refractivity contribution in [1.29, 1.82) is 0 Å². The Bertz CT molecular complexity index is 805. The van der Waals surface area contributed by atoms with Crippen LogP contribution in [0.15, 0.2) is 48.5 Å². The third-order valence-electron chi connectivity index (χ3n) is 4.18. The van der Waals surface area contributed by atoms with Crippen molar-refractivity contribution in [3.05, 3.63) is 54.1 Å². The normalized spacial score (nSPS) is 16.8. The number of hydrogen-bond donors (Lipinski definition) is 1. The standard InChI is InChI=1S/C20H22N2O3S/c1-13(2)19(24)21-15-6-4-5-14(11-15)20-22(18(23)12-26-20)16-7-9-17(25-3)10-8-16/h4-11,13,20H,12H2,1-3H3,(H,21,24)/t20-/m0/s1. The van der Waals surface area contributed by atoms with Crippen LogP contribution in [-0.2, 0) is 9.59 Å². The highest BCUT2D eigenvalue weighted by Gasteiger charge is 2.34. The molecule has 2 aromatic rings. The second-order valence-corrected chi connectivity index (χ2v) is 7.46. The smallest absolute Gasteiger partial charge is 0.238 e. The minimum atomic E-state index is -0.119. The maximum atomic E-state index is 12.5. The van der Waals surface area contributed by atoms with Gasteiger partial charge in [0.15, 0.2) is 0 Å². The van der Waals surface area contributed by atoms with Gasteiger partial charge in [0.1, 0.15) is 11.1 Å². The lowest BCUT2D eigenvalue weighted by Gasteiger charge is -2.25. The fourth-order valence-corrected chi connectivity index (χ4v) is 3.92. The molecule has 136 valence electrons. The summed E-state index contributed by atoms with van der Waals surface area (Å²) in [7, 11) is 1.62. The molecule has 0 bridgehead atoms. The summed E-state index contributed by atoms with van der Waals surface area (Å²) >= 11 is 1.58. The number of rotatable bonds is 5. The summed E-state index contributed by atoms with van der Waals surface area (Å²) in [4.78, 5) is 26.2. The van der Waals surface area contributed by atoms with E-state index in [2.05, 4.69) is 5.32 Å². The summed E-state index contributed by atoms with van der Waals surface area (Å²) in [6, 6.07) is 15.2. The predicted octanol–water partition coefficient (Wildman–Crippen LogP) is 4.07. The number of thioether (sulfide) groups is 1. The van der Waals surface area contributed by atoms with Crippen LogP contribution in [0.3, 0.4) is 0 Å². The van der Waals surface area contributed by atoms with E-state index in [1.54, 1.807) is 23.8 Å². The molecule has 1 fully saturated rings. The molecule has 1 aliphatic rings. The number of anilines is 2. The van der Waals surface area contributed by atoms with Crippen LogP contribution in [-0.4, -0.2) is 24.7 Å². The Balaban J connectivity index is 1.87. The van der Waals surface area contributed by atoms with E-state index in [0.717, 1.165) is 22.7 Å². The van der Waals surface area contributed by atoms with E-state index in [4.69, 9.17) is 4.74 Å². The highest BCUT2D eigenvalue weighted by molar-refractivity contribution is 8.00. The number of methoxy groups -OCH3 is 1. The second kappa shape index (κ2) is 7.83.